The van der Waals surface area contributed by atoms with E-state index in [4.69, 9.17) is 11.6 Å². The topological polar surface area (TPSA) is 121 Å². The van der Waals surface area contributed by atoms with Gasteiger partial charge in [0.25, 0.3) is 10.0 Å². The molecule has 3 amide bonds. The summed E-state index contributed by atoms with van der Waals surface area (Å²) < 4.78 is 27.2. The number of hydrogen-bond donors (Lipinski definition) is 4. The first-order valence-electron chi connectivity index (χ1n) is 12.2. The fourth-order valence-electron chi connectivity index (χ4n) is 4.60. The van der Waals surface area contributed by atoms with Gasteiger partial charge in [0.05, 0.1) is 11.4 Å². The minimum absolute atomic E-state index is 0.0726. The predicted octanol–water partition coefficient (Wildman–Crippen LogP) is 3.69. The molecule has 2 aromatic rings. The normalized spacial score (nSPS) is 15.0. The summed E-state index contributed by atoms with van der Waals surface area (Å²) in [4.78, 5) is 36.2. The lowest BCUT2D eigenvalue weighted by Crippen LogP contribution is -2.42. The molecule has 200 valence electrons. The first-order chi connectivity index (χ1) is 17.6. The van der Waals surface area contributed by atoms with Crippen LogP contribution in [0.4, 0.5) is 0 Å². The van der Waals surface area contributed by atoms with Crippen molar-refractivity contribution >= 4 is 52.0 Å². The molecule has 1 fully saturated rings. The maximum Gasteiger partial charge on any atom is 0.264 e. The molecule has 3 N–H and O–H groups in total. The van der Waals surface area contributed by atoms with Crippen molar-refractivity contribution in [2.75, 3.05) is 12.3 Å². The molecule has 3 rings (SSSR count). The summed E-state index contributed by atoms with van der Waals surface area (Å²) in [5.41, 5.74) is 1.51. The summed E-state index contributed by atoms with van der Waals surface area (Å²) in [6, 6.07) is 11.3. The summed E-state index contributed by atoms with van der Waals surface area (Å²) in [6.07, 6.45) is 5.49. The van der Waals surface area contributed by atoms with Gasteiger partial charge in [-0.25, -0.2) is 13.1 Å². The van der Waals surface area contributed by atoms with Crippen LogP contribution in [0.1, 0.15) is 44.6 Å². The second-order valence-electron chi connectivity index (χ2n) is 9.15. The number of amides is 3. The average molecular weight is 566 g/mol. The van der Waals surface area contributed by atoms with E-state index >= 15 is 0 Å². The largest absolute Gasteiger partial charge is 0.350 e. The smallest absolute Gasteiger partial charge is 0.264 e. The van der Waals surface area contributed by atoms with Crippen LogP contribution in [0.15, 0.2) is 47.4 Å². The van der Waals surface area contributed by atoms with Crippen LogP contribution in [0, 0.1) is 11.8 Å². The quantitative estimate of drug-likeness (QED) is 0.327. The van der Waals surface area contributed by atoms with Gasteiger partial charge >= 0.3 is 0 Å². The molecule has 37 heavy (non-hydrogen) atoms. The summed E-state index contributed by atoms with van der Waals surface area (Å²) in [5.74, 6) is -0.593. The number of nitrogens with one attached hydrogen (secondary N) is 3. The lowest BCUT2D eigenvalue weighted by Gasteiger charge is -2.28. The van der Waals surface area contributed by atoms with E-state index < -0.39 is 15.9 Å². The van der Waals surface area contributed by atoms with Crippen LogP contribution in [-0.4, -0.2) is 38.4 Å². The summed E-state index contributed by atoms with van der Waals surface area (Å²) in [5, 5.41) is 5.78. The monoisotopic (exact) mass is 565 g/mol. The highest BCUT2D eigenvalue weighted by Gasteiger charge is 2.28. The highest BCUT2D eigenvalue weighted by molar-refractivity contribution is 7.90. The van der Waals surface area contributed by atoms with Crippen molar-refractivity contribution in [3.8, 4) is 11.1 Å². The molecule has 8 nitrogen and oxygen atoms in total. The highest BCUT2D eigenvalue weighted by Crippen LogP contribution is 2.33. The molecule has 0 heterocycles. The zero-order chi connectivity index (χ0) is 27.0. The van der Waals surface area contributed by atoms with E-state index in [0.29, 0.717) is 28.4 Å². The number of carbonyl (C=O) groups excluding carboxylic acids is 3. The average Bonchev–Trinajstić information content (AvgIpc) is 2.86. The predicted molar refractivity (Wildman–Crippen MR) is 147 cm³/mol. The van der Waals surface area contributed by atoms with Gasteiger partial charge in [0.1, 0.15) is 0 Å². The summed E-state index contributed by atoms with van der Waals surface area (Å²) >= 11 is 10.8. The molecule has 1 atom stereocenters. The van der Waals surface area contributed by atoms with Crippen LogP contribution >= 0.6 is 24.2 Å². The van der Waals surface area contributed by atoms with Gasteiger partial charge in [-0.2, -0.15) is 12.6 Å². The van der Waals surface area contributed by atoms with Crippen LogP contribution in [0.2, 0.25) is 5.02 Å². The van der Waals surface area contributed by atoms with E-state index in [9.17, 15) is 22.8 Å². The molecule has 1 aliphatic rings. The molecule has 0 radical (unpaired) electrons. The zero-order valence-electron chi connectivity index (χ0n) is 20.6. The van der Waals surface area contributed by atoms with Gasteiger partial charge in [-0.3, -0.25) is 14.4 Å². The Labute approximate surface area is 228 Å². The molecule has 11 heteroatoms. The first kappa shape index (κ1) is 29.0. The van der Waals surface area contributed by atoms with Gasteiger partial charge in [0.2, 0.25) is 17.7 Å². The van der Waals surface area contributed by atoms with Gasteiger partial charge in [-0.05, 0) is 36.5 Å². The van der Waals surface area contributed by atoms with Gasteiger partial charge in [0.15, 0.2) is 0 Å². The highest BCUT2D eigenvalue weighted by atomic mass is 35.5. The van der Waals surface area contributed by atoms with Crippen LogP contribution < -0.4 is 15.4 Å². The molecule has 0 saturated heterocycles. The Bertz CT molecular complexity index is 1250. The molecule has 0 aliphatic heterocycles. The third-order valence-electron chi connectivity index (χ3n) is 6.44. The van der Waals surface area contributed by atoms with E-state index in [1.54, 1.807) is 36.4 Å². The van der Waals surface area contributed by atoms with E-state index in [-0.39, 0.29) is 40.7 Å². The number of rotatable bonds is 10. The Hall–Kier alpha value is -2.56. The lowest BCUT2D eigenvalue weighted by molar-refractivity contribution is -0.129. The van der Waals surface area contributed by atoms with Crippen molar-refractivity contribution in [3.63, 3.8) is 0 Å². The number of carbonyl (C=O) groups is 3. The Morgan fingerprint density at radius 2 is 1.73 bits per heavy atom. The molecular weight excluding hydrogens is 534 g/mol. The number of halogens is 1. The Balaban J connectivity index is 1.61. The Morgan fingerprint density at radius 3 is 2.38 bits per heavy atom. The maximum absolute atomic E-state index is 12.6. The number of sulfonamides is 1. The molecule has 1 aliphatic carbocycles. The third kappa shape index (κ3) is 7.96. The van der Waals surface area contributed by atoms with Crippen LogP contribution in [-0.2, 0) is 31.0 Å². The standard InChI is InChI=1S/C26H32ClN3O5S2/c1-17(31)30-37(34,35)24-10-6-5-9-21(24)20-12-11-18(13-23(20)27)14-28-25(32)15-29-26(33)22(16-36)19-7-3-2-4-8-19/h5-6,9-13,19,22,36H,2-4,7-8,14-16H2,1H3,(H,28,32)(H,29,33)(H,30,31)/t22-/m0/s1. The fourth-order valence-corrected chi connectivity index (χ4v) is 6.58. The maximum atomic E-state index is 12.6. The lowest BCUT2D eigenvalue weighted by atomic mass is 9.80. The minimum atomic E-state index is -4.07. The summed E-state index contributed by atoms with van der Waals surface area (Å²) in [7, 11) is -4.07. The van der Waals surface area contributed by atoms with Crippen LogP contribution in [0.25, 0.3) is 11.1 Å². The molecule has 0 aromatic heterocycles. The van der Waals surface area contributed by atoms with Crippen LogP contribution in [0.5, 0.6) is 0 Å². The number of benzene rings is 2. The first-order valence-corrected chi connectivity index (χ1v) is 14.7. The van der Waals surface area contributed by atoms with E-state index in [0.717, 1.165) is 32.6 Å². The molecule has 0 spiro atoms. The van der Waals surface area contributed by atoms with E-state index in [1.165, 1.54) is 12.5 Å². The Kier molecular flexibility index (Phi) is 10.4. The van der Waals surface area contributed by atoms with Crippen molar-refractivity contribution in [2.45, 2.75) is 50.5 Å². The minimum Gasteiger partial charge on any atom is -0.350 e. The van der Waals surface area contributed by atoms with Crippen molar-refractivity contribution in [1.29, 1.82) is 0 Å². The molecule has 0 unspecified atom stereocenters. The van der Waals surface area contributed by atoms with Crippen molar-refractivity contribution in [1.82, 2.24) is 15.4 Å². The zero-order valence-corrected chi connectivity index (χ0v) is 23.1. The van der Waals surface area contributed by atoms with Crippen molar-refractivity contribution in [3.05, 3.63) is 53.1 Å². The summed E-state index contributed by atoms with van der Waals surface area (Å²) in [6.45, 7) is 1.17. The van der Waals surface area contributed by atoms with Gasteiger partial charge in [0, 0.05) is 41.3 Å². The molecular formula is C26H32ClN3O5S2. The SMILES string of the molecule is CC(=O)NS(=O)(=O)c1ccccc1-c1ccc(CNC(=O)CNC(=O)[C@@H](CS)C2CCCCC2)cc1Cl. The van der Waals surface area contributed by atoms with Crippen molar-refractivity contribution < 1.29 is 22.8 Å². The second-order valence-corrected chi connectivity index (χ2v) is 11.6. The fraction of sp³-hybridized carbons (Fsp3) is 0.423. The molecule has 1 saturated carbocycles. The van der Waals surface area contributed by atoms with Gasteiger partial charge < -0.3 is 10.6 Å². The molecule has 0 bridgehead atoms. The number of thiol groups is 1. The third-order valence-corrected chi connectivity index (χ3v) is 8.64. The number of hydrogen-bond acceptors (Lipinski definition) is 6. The molecule has 2 aromatic carbocycles. The van der Waals surface area contributed by atoms with E-state index in [1.807, 2.05) is 4.72 Å². The van der Waals surface area contributed by atoms with E-state index in [2.05, 4.69) is 23.3 Å². The second kappa shape index (κ2) is 13.3. The Morgan fingerprint density at radius 1 is 1.03 bits per heavy atom. The van der Waals surface area contributed by atoms with Gasteiger partial charge in [-0.1, -0.05) is 61.2 Å². The van der Waals surface area contributed by atoms with Gasteiger partial charge in [-0.15, -0.1) is 0 Å². The van der Waals surface area contributed by atoms with Crippen molar-refractivity contribution in [2.24, 2.45) is 11.8 Å². The van der Waals surface area contributed by atoms with Crippen LogP contribution in [0.3, 0.4) is 0 Å².